The van der Waals surface area contributed by atoms with Gasteiger partial charge in [0.1, 0.15) is 11.5 Å². The lowest BCUT2D eigenvalue weighted by molar-refractivity contribution is 0.275. The van der Waals surface area contributed by atoms with Gasteiger partial charge >= 0.3 is 7.82 Å². The third-order valence-corrected chi connectivity index (χ3v) is 3.47. The molecule has 7 heteroatoms. The highest BCUT2D eigenvalue weighted by atomic mass is 31.2. The molecular weight excluding hydrogens is 367 g/mol. The number of phenolic OH excluding ortho intramolecular Hbond substituents is 2. The number of hydrogen-bond acceptors (Lipinski definition) is 3. The van der Waals surface area contributed by atoms with Crippen LogP contribution in [0.15, 0.2) is 48.5 Å². The van der Waals surface area contributed by atoms with Crippen LogP contribution in [-0.2, 0) is 15.4 Å². The highest BCUT2D eigenvalue weighted by molar-refractivity contribution is 7.45. The first kappa shape index (κ1) is 25.1. The van der Waals surface area contributed by atoms with E-state index in [1.807, 2.05) is 24.3 Å². The molecule has 27 heavy (non-hydrogen) atoms. The molecule has 0 fully saturated rings. The first-order valence-corrected chi connectivity index (χ1v) is 9.94. The Morgan fingerprint density at radius 1 is 0.593 bits per heavy atom. The first-order valence-electron chi connectivity index (χ1n) is 8.37. The van der Waals surface area contributed by atoms with Crippen LogP contribution >= 0.6 is 7.82 Å². The summed E-state index contributed by atoms with van der Waals surface area (Å²) in [6.45, 7) is 12.9. The topological polar surface area (TPSA) is 118 Å². The molecule has 0 amide bonds. The van der Waals surface area contributed by atoms with Crippen molar-refractivity contribution in [1.82, 2.24) is 0 Å². The number of phenols is 2. The Labute approximate surface area is 161 Å². The summed E-state index contributed by atoms with van der Waals surface area (Å²) in [7, 11) is -4.64. The third-order valence-electron chi connectivity index (χ3n) is 3.47. The fraction of sp³-hybridized carbons (Fsp3) is 0.400. The lowest BCUT2D eigenvalue weighted by Crippen LogP contribution is -2.10. The standard InChI is InChI=1S/2C10H14O.H3O4P/c2*1-10(2,3)8-4-6-9(11)7-5-8;1-5(2,3)4/h2*4-7,11H,1-3H3;(H3,1,2,3,4). The predicted octanol–water partition coefficient (Wildman–Crippen LogP) is 4.45. The van der Waals surface area contributed by atoms with Gasteiger partial charge in [-0.15, -0.1) is 0 Å². The van der Waals surface area contributed by atoms with E-state index in [0.29, 0.717) is 11.5 Å². The summed E-state index contributed by atoms with van der Waals surface area (Å²) in [4.78, 5) is 21.6. The summed E-state index contributed by atoms with van der Waals surface area (Å²) in [6.07, 6.45) is 0. The molecule has 0 radical (unpaired) electrons. The van der Waals surface area contributed by atoms with E-state index >= 15 is 0 Å². The fourth-order valence-corrected chi connectivity index (χ4v) is 1.92. The van der Waals surface area contributed by atoms with E-state index in [2.05, 4.69) is 41.5 Å². The van der Waals surface area contributed by atoms with E-state index in [0.717, 1.165) is 0 Å². The van der Waals surface area contributed by atoms with Crippen molar-refractivity contribution in [2.75, 3.05) is 0 Å². The summed E-state index contributed by atoms with van der Waals surface area (Å²) < 4.78 is 8.88. The molecule has 0 saturated heterocycles. The van der Waals surface area contributed by atoms with Gasteiger partial charge in [-0.2, -0.15) is 0 Å². The van der Waals surface area contributed by atoms with Crippen LogP contribution in [0.4, 0.5) is 0 Å². The largest absolute Gasteiger partial charge is 0.508 e. The van der Waals surface area contributed by atoms with E-state index in [1.165, 1.54) is 11.1 Å². The fourth-order valence-electron chi connectivity index (χ4n) is 1.92. The lowest BCUT2D eigenvalue weighted by atomic mass is 9.87. The zero-order valence-electron chi connectivity index (χ0n) is 16.7. The summed E-state index contributed by atoms with van der Waals surface area (Å²) >= 11 is 0. The van der Waals surface area contributed by atoms with Crippen LogP contribution in [0.3, 0.4) is 0 Å². The molecule has 0 spiro atoms. The Balaban J connectivity index is 0.000000405. The molecule has 2 aromatic carbocycles. The van der Waals surface area contributed by atoms with Gasteiger partial charge in [0, 0.05) is 0 Å². The molecule has 0 aliphatic rings. The second-order valence-corrected chi connectivity index (χ2v) is 9.13. The molecule has 5 N–H and O–H groups in total. The molecule has 0 unspecified atom stereocenters. The van der Waals surface area contributed by atoms with Crippen LogP contribution in [0.2, 0.25) is 0 Å². The molecule has 0 aliphatic heterocycles. The van der Waals surface area contributed by atoms with Crippen molar-refractivity contribution >= 4 is 7.82 Å². The Kier molecular flexibility index (Phi) is 9.23. The van der Waals surface area contributed by atoms with Crippen molar-refractivity contribution in [3.63, 3.8) is 0 Å². The maximum atomic E-state index is 9.02. The molecule has 2 aromatic rings. The summed E-state index contributed by atoms with van der Waals surface area (Å²) in [5.41, 5.74) is 2.84. The van der Waals surface area contributed by atoms with E-state index in [-0.39, 0.29) is 10.8 Å². The minimum atomic E-state index is -4.64. The summed E-state index contributed by atoms with van der Waals surface area (Å²) in [5.74, 6) is 0.663. The molecule has 0 saturated carbocycles. The zero-order chi connectivity index (χ0) is 21.5. The number of rotatable bonds is 0. The normalized spacial score (nSPS) is 11.6. The highest BCUT2D eigenvalue weighted by Gasteiger charge is 2.13. The quantitative estimate of drug-likeness (QED) is 0.419. The van der Waals surface area contributed by atoms with Gasteiger partial charge in [0.25, 0.3) is 0 Å². The molecule has 0 aliphatic carbocycles. The summed E-state index contributed by atoms with van der Waals surface area (Å²) in [6, 6.07) is 14.7. The number of hydrogen-bond donors (Lipinski definition) is 5. The average molecular weight is 398 g/mol. The van der Waals surface area contributed by atoms with Crippen molar-refractivity contribution in [2.45, 2.75) is 52.4 Å². The van der Waals surface area contributed by atoms with Crippen LogP contribution < -0.4 is 0 Å². The van der Waals surface area contributed by atoms with Crippen LogP contribution in [0.5, 0.6) is 11.5 Å². The molecule has 0 atom stereocenters. The van der Waals surface area contributed by atoms with Crippen molar-refractivity contribution in [2.24, 2.45) is 0 Å². The van der Waals surface area contributed by atoms with Gasteiger partial charge in [0.2, 0.25) is 0 Å². The van der Waals surface area contributed by atoms with E-state index in [1.54, 1.807) is 24.3 Å². The van der Waals surface area contributed by atoms with E-state index in [4.69, 9.17) is 29.5 Å². The Morgan fingerprint density at radius 2 is 0.778 bits per heavy atom. The van der Waals surface area contributed by atoms with Gasteiger partial charge in [-0.3, -0.25) is 0 Å². The number of aromatic hydroxyl groups is 2. The van der Waals surface area contributed by atoms with E-state index < -0.39 is 7.82 Å². The molecule has 0 aromatic heterocycles. The minimum Gasteiger partial charge on any atom is -0.508 e. The monoisotopic (exact) mass is 398 g/mol. The third kappa shape index (κ3) is 13.0. The van der Waals surface area contributed by atoms with Gasteiger partial charge in [-0.05, 0) is 46.2 Å². The first-order chi connectivity index (χ1) is 12.0. The van der Waals surface area contributed by atoms with Crippen LogP contribution in [0.1, 0.15) is 52.7 Å². The van der Waals surface area contributed by atoms with Crippen LogP contribution in [0.25, 0.3) is 0 Å². The Bertz CT molecular complexity index is 655. The second-order valence-electron chi connectivity index (χ2n) is 8.11. The maximum Gasteiger partial charge on any atom is 0.466 e. The van der Waals surface area contributed by atoms with E-state index in [9.17, 15) is 0 Å². The number of benzene rings is 2. The van der Waals surface area contributed by atoms with Gasteiger partial charge in [0.05, 0.1) is 0 Å². The van der Waals surface area contributed by atoms with Crippen molar-refractivity contribution in [3.8, 4) is 11.5 Å². The zero-order valence-corrected chi connectivity index (χ0v) is 17.6. The maximum absolute atomic E-state index is 9.02. The molecular formula is C20H31O6P. The molecule has 6 nitrogen and oxygen atoms in total. The van der Waals surface area contributed by atoms with Crippen molar-refractivity contribution < 1.29 is 29.5 Å². The Morgan fingerprint density at radius 3 is 0.926 bits per heavy atom. The van der Waals surface area contributed by atoms with Gasteiger partial charge in [0.15, 0.2) is 0 Å². The SMILES string of the molecule is CC(C)(C)c1ccc(O)cc1.CC(C)(C)c1ccc(O)cc1.O=P(O)(O)O. The molecule has 2 rings (SSSR count). The van der Waals surface area contributed by atoms with Crippen LogP contribution in [0, 0.1) is 0 Å². The van der Waals surface area contributed by atoms with Gasteiger partial charge in [-0.1, -0.05) is 65.8 Å². The minimum absolute atomic E-state index is 0.174. The smallest absolute Gasteiger partial charge is 0.466 e. The second kappa shape index (κ2) is 9.90. The average Bonchev–Trinajstić information content (AvgIpc) is 2.45. The van der Waals surface area contributed by atoms with Crippen LogP contribution in [-0.4, -0.2) is 24.9 Å². The number of phosphoric acid groups is 1. The van der Waals surface area contributed by atoms with Gasteiger partial charge < -0.3 is 24.9 Å². The molecule has 152 valence electrons. The highest BCUT2D eigenvalue weighted by Crippen LogP contribution is 2.26. The molecule has 0 heterocycles. The summed E-state index contributed by atoms with van der Waals surface area (Å²) in [5, 5.41) is 18.0. The van der Waals surface area contributed by atoms with Crippen molar-refractivity contribution in [3.05, 3.63) is 59.7 Å². The predicted molar refractivity (Wildman–Crippen MR) is 108 cm³/mol. The molecule has 0 bridgehead atoms. The van der Waals surface area contributed by atoms with Gasteiger partial charge in [-0.25, -0.2) is 4.57 Å². The lowest BCUT2D eigenvalue weighted by Gasteiger charge is -2.18. The van der Waals surface area contributed by atoms with Crippen molar-refractivity contribution in [1.29, 1.82) is 0 Å². The Hall–Kier alpha value is -1.85.